The Morgan fingerprint density at radius 3 is 2.50 bits per heavy atom. The summed E-state index contributed by atoms with van der Waals surface area (Å²) < 4.78 is 85.5. The molecule has 0 saturated carbocycles. The molecule has 166 valence electrons. The summed E-state index contributed by atoms with van der Waals surface area (Å²) in [6.07, 6.45) is -10.4. The fraction of sp³-hybridized carbons (Fsp3) is 0.429. The number of carbonyl (C=O) groups is 2. The number of halogens is 6. The van der Waals surface area contributed by atoms with Crippen LogP contribution in [-0.2, 0) is 28.9 Å². The summed E-state index contributed by atoms with van der Waals surface area (Å²) in [5, 5.41) is 7.73. The minimum absolute atomic E-state index is 0.0269. The number of allylic oxidation sites excluding steroid dienone is 1. The minimum atomic E-state index is -4.85. The van der Waals surface area contributed by atoms with E-state index in [9.17, 15) is 35.9 Å². The van der Waals surface area contributed by atoms with Crippen LogP contribution in [0.2, 0.25) is 0 Å². The lowest BCUT2D eigenvalue weighted by atomic mass is 10.3. The van der Waals surface area contributed by atoms with Crippen molar-refractivity contribution in [1.29, 1.82) is 0 Å². The fourth-order valence-electron chi connectivity index (χ4n) is 2.02. The molecule has 2 aromatic rings. The second-order valence-corrected chi connectivity index (χ2v) is 6.42. The molecule has 2 N–H and O–H groups in total. The molecule has 30 heavy (non-hydrogen) atoms. The molecular formula is C14H13F6N5O4S. The summed E-state index contributed by atoms with van der Waals surface area (Å²) in [6, 6.07) is -1.21. The van der Waals surface area contributed by atoms with Gasteiger partial charge in [-0.25, -0.2) is 24.4 Å². The average Bonchev–Trinajstić information content (AvgIpc) is 3.13. The molecule has 0 radical (unpaired) electrons. The molecule has 2 rings (SSSR count). The first kappa shape index (κ1) is 23.4. The van der Waals surface area contributed by atoms with E-state index in [4.69, 9.17) is 4.74 Å². The summed E-state index contributed by atoms with van der Waals surface area (Å²) in [5.74, 6) is 0. The molecule has 0 aliphatic heterocycles. The predicted octanol–water partition coefficient (Wildman–Crippen LogP) is 3.01. The quantitative estimate of drug-likeness (QED) is 0.506. The third-order valence-electron chi connectivity index (χ3n) is 3.12. The number of methoxy groups -OCH3 is 1. The van der Waals surface area contributed by atoms with Crippen molar-refractivity contribution in [3.05, 3.63) is 28.5 Å². The smallest absolute Gasteiger partial charge is 0.435 e. The second-order valence-electron chi connectivity index (χ2n) is 5.38. The van der Waals surface area contributed by atoms with Crippen LogP contribution in [0.4, 0.5) is 35.9 Å². The highest BCUT2D eigenvalue weighted by Gasteiger charge is 2.39. The van der Waals surface area contributed by atoms with Gasteiger partial charge >= 0.3 is 24.5 Å². The van der Waals surface area contributed by atoms with Gasteiger partial charge in [0, 0.05) is 19.7 Å². The molecule has 0 bridgehead atoms. The van der Waals surface area contributed by atoms with Crippen molar-refractivity contribution in [2.75, 3.05) is 13.7 Å². The zero-order valence-electron chi connectivity index (χ0n) is 14.9. The highest BCUT2D eigenvalue weighted by Crippen LogP contribution is 2.33. The normalized spacial score (nSPS) is 12.5. The Morgan fingerprint density at radius 1 is 1.20 bits per heavy atom. The maximum atomic E-state index is 13.2. The van der Waals surface area contributed by atoms with Crippen molar-refractivity contribution in [2.24, 2.45) is 0 Å². The van der Waals surface area contributed by atoms with Gasteiger partial charge in [-0.1, -0.05) is 17.4 Å². The molecule has 0 aliphatic carbocycles. The number of rotatable bonds is 6. The maximum absolute atomic E-state index is 13.2. The zero-order valence-corrected chi connectivity index (χ0v) is 15.7. The third kappa shape index (κ3) is 6.58. The van der Waals surface area contributed by atoms with Crippen LogP contribution in [0.1, 0.15) is 16.4 Å². The SMILES string of the molecule is COCc1nn2c(COC(=O)NC(=O)NCC=CC(F)(F)F)c(C(F)(F)F)nc2s1. The Kier molecular flexibility index (Phi) is 7.25. The molecule has 0 saturated heterocycles. The second kappa shape index (κ2) is 9.29. The largest absolute Gasteiger partial charge is 0.443 e. The summed E-state index contributed by atoms with van der Waals surface area (Å²) in [5.41, 5.74) is -1.90. The standard InChI is InChI=1S/C14H13F6N5O4S/c1-28-6-8-24-25-7(9(14(18,19)20)22-11(25)30-8)5-29-12(27)23-10(26)21-4-2-3-13(15,16)17/h2-3H,4-6H2,1H3,(H2,21,23,26,27). The van der Waals surface area contributed by atoms with E-state index in [1.165, 1.54) is 7.11 Å². The predicted molar refractivity (Wildman–Crippen MR) is 88.5 cm³/mol. The first-order chi connectivity index (χ1) is 13.9. The van der Waals surface area contributed by atoms with E-state index in [-0.39, 0.29) is 17.6 Å². The topological polar surface area (TPSA) is 107 Å². The van der Waals surface area contributed by atoms with Crippen LogP contribution in [0, 0.1) is 0 Å². The van der Waals surface area contributed by atoms with E-state index < -0.39 is 49.0 Å². The van der Waals surface area contributed by atoms with Gasteiger partial charge in [-0.05, 0) is 0 Å². The van der Waals surface area contributed by atoms with Crippen molar-refractivity contribution in [3.63, 3.8) is 0 Å². The van der Waals surface area contributed by atoms with Gasteiger partial charge in [-0.3, -0.25) is 0 Å². The van der Waals surface area contributed by atoms with E-state index in [2.05, 4.69) is 14.8 Å². The van der Waals surface area contributed by atoms with Gasteiger partial charge in [0.15, 0.2) is 5.69 Å². The lowest BCUT2D eigenvalue weighted by Crippen LogP contribution is -2.39. The van der Waals surface area contributed by atoms with Crippen LogP contribution in [-0.4, -0.2) is 46.6 Å². The zero-order chi connectivity index (χ0) is 22.5. The number of carbonyl (C=O) groups excluding carboxylic acids is 2. The number of hydrogen-bond donors (Lipinski definition) is 2. The van der Waals surface area contributed by atoms with Crippen molar-refractivity contribution in [3.8, 4) is 0 Å². The summed E-state index contributed by atoms with van der Waals surface area (Å²) in [4.78, 5) is 26.3. The lowest BCUT2D eigenvalue weighted by molar-refractivity contribution is -0.142. The monoisotopic (exact) mass is 461 g/mol. The summed E-state index contributed by atoms with van der Waals surface area (Å²) >= 11 is 0.840. The Morgan fingerprint density at radius 2 is 1.90 bits per heavy atom. The molecule has 9 nitrogen and oxygen atoms in total. The van der Waals surface area contributed by atoms with Crippen molar-refractivity contribution in [1.82, 2.24) is 25.2 Å². The molecule has 2 heterocycles. The molecular weight excluding hydrogens is 448 g/mol. The molecule has 0 unspecified atom stereocenters. The van der Waals surface area contributed by atoms with E-state index >= 15 is 0 Å². The fourth-order valence-corrected chi connectivity index (χ4v) is 2.90. The van der Waals surface area contributed by atoms with Gasteiger partial charge in [0.1, 0.15) is 17.3 Å². The number of aromatic nitrogens is 3. The molecule has 2 aromatic heterocycles. The molecule has 0 atom stereocenters. The Hall–Kier alpha value is -2.88. The van der Waals surface area contributed by atoms with E-state index in [1.807, 2.05) is 5.32 Å². The van der Waals surface area contributed by atoms with Gasteiger partial charge in [0.05, 0.1) is 6.61 Å². The van der Waals surface area contributed by atoms with Gasteiger partial charge in [0.25, 0.3) is 0 Å². The maximum Gasteiger partial charge on any atom is 0.435 e. The number of amides is 3. The van der Waals surface area contributed by atoms with Gasteiger partial charge < -0.3 is 14.8 Å². The molecule has 0 fully saturated rings. The lowest BCUT2D eigenvalue weighted by Gasteiger charge is -2.09. The Labute approximate surface area is 167 Å². The Bertz CT molecular complexity index is 936. The van der Waals surface area contributed by atoms with Crippen LogP contribution in [0.5, 0.6) is 0 Å². The van der Waals surface area contributed by atoms with E-state index in [0.29, 0.717) is 11.1 Å². The highest BCUT2D eigenvalue weighted by molar-refractivity contribution is 7.16. The minimum Gasteiger partial charge on any atom is -0.443 e. The molecule has 16 heteroatoms. The number of alkyl carbamates (subject to hydrolysis) is 1. The number of urea groups is 1. The number of nitrogens with one attached hydrogen (secondary N) is 2. The first-order valence-corrected chi connectivity index (χ1v) is 8.62. The number of fused-ring (bicyclic) bond motifs is 1. The van der Waals surface area contributed by atoms with Gasteiger partial charge in [-0.15, -0.1) is 0 Å². The van der Waals surface area contributed by atoms with Crippen LogP contribution >= 0.6 is 11.3 Å². The van der Waals surface area contributed by atoms with Crippen LogP contribution in [0.15, 0.2) is 12.2 Å². The van der Waals surface area contributed by atoms with Crippen LogP contribution < -0.4 is 10.6 Å². The number of imide groups is 1. The van der Waals surface area contributed by atoms with Gasteiger partial charge in [-0.2, -0.15) is 31.4 Å². The summed E-state index contributed by atoms with van der Waals surface area (Å²) in [6.45, 7) is -1.46. The van der Waals surface area contributed by atoms with Crippen molar-refractivity contribution >= 4 is 28.4 Å². The number of ether oxygens (including phenoxy) is 2. The van der Waals surface area contributed by atoms with Crippen LogP contribution in [0.3, 0.4) is 0 Å². The van der Waals surface area contributed by atoms with Crippen LogP contribution in [0.25, 0.3) is 4.96 Å². The summed E-state index contributed by atoms with van der Waals surface area (Å²) in [7, 11) is 1.36. The number of nitrogens with zero attached hydrogens (tertiary/aromatic N) is 3. The van der Waals surface area contributed by atoms with E-state index in [1.54, 1.807) is 5.32 Å². The van der Waals surface area contributed by atoms with E-state index in [0.717, 1.165) is 15.9 Å². The molecule has 0 spiro atoms. The van der Waals surface area contributed by atoms with Crippen molar-refractivity contribution in [2.45, 2.75) is 25.6 Å². The third-order valence-corrected chi connectivity index (χ3v) is 4.00. The average molecular weight is 461 g/mol. The number of imidazole rings is 1. The van der Waals surface area contributed by atoms with Crippen molar-refractivity contribution < 1.29 is 45.4 Å². The molecule has 3 amide bonds. The number of alkyl halides is 6. The molecule has 0 aliphatic rings. The molecule has 0 aromatic carbocycles. The first-order valence-electron chi connectivity index (χ1n) is 7.80. The van der Waals surface area contributed by atoms with Gasteiger partial charge in [0.2, 0.25) is 4.96 Å². The Balaban J connectivity index is 2.00. The highest BCUT2D eigenvalue weighted by atomic mass is 32.1. The number of hydrogen-bond acceptors (Lipinski definition) is 7.